The van der Waals surface area contributed by atoms with E-state index in [1.54, 1.807) is 6.92 Å². The van der Waals surface area contributed by atoms with E-state index < -0.39 is 0 Å². The lowest BCUT2D eigenvalue weighted by molar-refractivity contribution is -0.152. The number of carbonyl (C=O) groups is 1. The van der Waals surface area contributed by atoms with Crippen molar-refractivity contribution in [2.45, 2.75) is 112 Å². The zero-order valence-corrected chi connectivity index (χ0v) is 21.9. The Morgan fingerprint density at radius 3 is 2.44 bits per heavy atom. The minimum absolute atomic E-state index is 0.103. The van der Waals surface area contributed by atoms with Gasteiger partial charge in [0.25, 0.3) is 0 Å². The number of carbonyl (C=O) groups excluding carboxylic acids is 1. The van der Waals surface area contributed by atoms with Gasteiger partial charge in [0.15, 0.2) is 0 Å². The zero-order valence-electron chi connectivity index (χ0n) is 21.9. The molecule has 4 rings (SSSR count). The molecule has 3 saturated carbocycles. The molecule has 8 atom stereocenters. The molecule has 0 aliphatic heterocycles. The number of hydrogen-bond acceptors (Lipinski definition) is 2. The van der Waals surface area contributed by atoms with Gasteiger partial charge in [-0.3, -0.25) is 4.79 Å². The lowest BCUT2D eigenvalue weighted by atomic mass is 9.49. The number of hydrogen-bond donors (Lipinski definition) is 0. The van der Waals surface area contributed by atoms with E-state index in [9.17, 15) is 4.79 Å². The molecule has 3 fully saturated rings. The Morgan fingerprint density at radius 2 is 1.75 bits per heavy atom. The molecular formula is C30H48O2. The SMILES string of the molecule is CC(=O)OC1CCC2(C)C3CCC4(C)C(=C3CC[C@H]2C1)CCC4[C@H](C)/C=C/[C@H](C)C(C)C. The van der Waals surface area contributed by atoms with Gasteiger partial charge < -0.3 is 4.74 Å². The van der Waals surface area contributed by atoms with Crippen LogP contribution in [0.25, 0.3) is 0 Å². The van der Waals surface area contributed by atoms with E-state index in [0.29, 0.717) is 22.7 Å². The monoisotopic (exact) mass is 440 g/mol. The van der Waals surface area contributed by atoms with Crippen molar-refractivity contribution in [3.05, 3.63) is 23.3 Å². The number of esters is 1. The molecule has 0 aromatic heterocycles. The quantitative estimate of drug-likeness (QED) is 0.318. The second kappa shape index (κ2) is 8.95. The molecule has 0 heterocycles. The molecule has 4 aliphatic carbocycles. The van der Waals surface area contributed by atoms with E-state index in [1.807, 2.05) is 11.1 Å². The van der Waals surface area contributed by atoms with Gasteiger partial charge in [-0.05, 0) is 104 Å². The first-order valence-electron chi connectivity index (χ1n) is 13.6. The molecule has 5 unspecified atom stereocenters. The first kappa shape index (κ1) is 24.1. The third-order valence-corrected chi connectivity index (χ3v) is 10.8. The van der Waals surface area contributed by atoms with Crippen LogP contribution in [0.4, 0.5) is 0 Å². The van der Waals surface area contributed by atoms with Crippen LogP contribution in [0.15, 0.2) is 23.3 Å². The molecule has 0 aromatic rings. The molecule has 0 bridgehead atoms. The smallest absolute Gasteiger partial charge is 0.302 e. The maximum atomic E-state index is 11.5. The van der Waals surface area contributed by atoms with Crippen LogP contribution in [0.1, 0.15) is 106 Å². The second-order valence-corrected chi connectivity index (χ2v) is 12.8. The van der Waals surface area contributed by atoms with Crippen LogP contribution in [0.5, 0.6) is 0 Å². The van der Waals surface area contributed by atoms with Crippen molar-refractivity contribution in [1.29, 1.82) is 0 Å². The highest BCUT2D eigenvalue weighted by molar-refractivity contribution is 5.66. The number of allylic oxidation sites excluding steroid dienone is 4. The van der Waals surface area contributed by atoms with Crippen LogP contribution in [0.3, 0.4) is 0 Å². The van der Waals surface area contributed by atoms with Crippen LogP contribution in [-0.2, 0) is 9.53 Å². The number of rotatable bonds is 5. The molecule has 2 heteroatoms. The Morgan fingerprint density at radius 1 is 1.00 bits per heavy atom. The summed E-state index contributed by atoms with van der Waals surface area (Å²) in [5.41, 5.74) is 4.57. The van der Waals surface area contributed by atoms with E-state index in [4.69, 9.17) is 4.74 Å². The third kappa shape index (κ3) is 4.14. The van der Waals surface area contributed by atoms with Gasteiger partial charge in [0.1, 0.15) is 6.10 Å². The van der Waals surface area contributed by atoms with Gasteiger partial charge >= 0.3 is 5.97 Å². The first-order valence-corrected chi connectivity index (χ1v) is 13.6. The Bertz CT molecular complexity index is 776. The molecule has 4 aliphatic rings. The predicted molar refractivity (Wildman–Crippen MR) is 133 cm³/mol. The number of ether oxygens (including phenoxy) is 1. The second-order valence-electron chi connectivity index (χ2n) is 12.8. The van der Waals surface area contributed by atoms with Crippen molar-refractivity contribution in [1.82, 2.24) is 0 Å². The molecule has 0 aromatic carbocycles. The molecular weight excluding hydrogens is 392 g/mol. The summed E-state index contributed by atoms with van der Waals surface area (Å²) < 4.78 is 5.64. The summed E-state index contributed by atoms with van der Waals surface area (Å²) in [4.78, 5) is 11.5. The van der Waals surface area contributed by atoms with Crippen LogP contribution < -0.4 is 0 Å². The van der Waals surface area contributed by atoms with Crippen LogP contribution in [0.2, 0.25) is 0 Å². The highest BCUT2D eigenvalue weighted by atomic mass is 16.5. The minimum atomic E-state index is -0.103. The fourth-order valence-corrected chi connectivity index (χ4v) is 8.38. The maximum absolute atomic E-state index is 11.5. The van der Waals surface area contributed by atoms with Gasteiger partial charge in [-0.1, -0.05) is 64.8 Å². The summed E-state index contributed by atoms with van der Waals surface area (Å²) in [6.45, 7) is 16.3. The van der Waals surface area contributed by atoms with Gasteiger partial charge in [-0.2, -0.15) is 0 Å². The average molecular weight is 441 g/mol. The van der Waals surface area contributed by atoms with Crippen LogP contribution >= 0.6 is 0 Å². The summed E-state index contributed by atoms with van der Waals surface area (Å²) in [5, 5.41) is 0. The van der Waals surface area contributed by atoms with Crippen molar-refractivity contribution in [2.24, 2.45) is 46.3 Å². The Balaban J connectivity index is 1.53. The summed E-state index contributed by atoms with van der Waals surface area (Å²) in [6, 6.07) is 0. The molecule has 32 heavy (non-hydrogen) atoms. The van der Waals surface area contributed by atoms with Gasteiger partial charge in [0.05, 0.1) is 0 Å². The van der Waals surface area contributed by atoms with Crippen LogP contribution in [-0.4, -0.2) is 12.1 Å². The van der Waals surface area contributed by atoms with Gasteiger partial charge in [0, 0.05) is 6.92 Å². The van der Waals surface area contributed by atoms with Gasteiger partial charge in [-0.25, -0.2) is 0 Å². The fraction of sp³-hybridized carbons (Fsp3) is 0.833. The summed E-state index contributed by atoms with van der Waals surface area (Å²) in [5.74, 6) is 4.24. The van der Waals surface area contributed by atoms with E-state index in [-0.39, 0.29) is 12.1 Å². The average Bonchev–Trinajstić information content (AvgIpc) is 3.08. The summed E-state index contributed by atoms with van der Waals surface area (Å²) in [7, 11) is 0. The Labute approximate surface area is 197 Å². The Hall–Kier alpha value is -1.05. The molecule has 0 amide bonds. The highest BCUT2D eigenvalue weighted by Gasteiger charge is 2.55. The van der Waals surface area contributed by atoms with Crippen molar-refractivity contribution >= 4 is 5.97 Å². The molecule has 0 N–H and O–H groups in total. The van der Waals surface area contributed by atoms with Crippen LogP contribution in [0, 0.1) is 46.3 Å². The summed E-state index contributed by atoms with van der Waals surface area (Å²) >= 11 is 0. The topological polar surface area (TPSA) is 26.3 Å². The Kier molecular flexibility index (Phi) is 6.74. The lowest BCUT2D eigenvalue weighted by Gasteiger charge is -2.57. The van der Waals surface area contributed by atoms with Crippen molar-refractivity contribution in [3.8, 4) is 0 Å². The number of fused-ring (bicyclic) bond motifs is 4. The first-order chi connectivity index (χ1) is 15.1. The van der Waals surface area contributed by atoms with Crippen molar-refractivity contribution in [2.75, 3.05) is 0 Å². The molecule has 180 valence electrons. The van der Waals surface area contributed by atoms with E-state index in [1.165, 1.54) is 44.9 Å². The largest absolute Gasteiger partial charge is 0.463 e. The van der Waals surface area contributed by atoms with Crippen molar-refractivity contribution < 1.29 is 9.53 Å². The van der Waals surface area contributed by atoms with Gasteiger partial charge in [0.2, 0.25) is 0 Å². The maximum Gasteiger partial charge on any atom is 0.302 e. The molecule has 0 spiro atoms. The lowest BCUT2D eigenvalue weighted by Crippen LogP contribution is -2.48. The van der Waals surface area contributed by atoms with E-state index in [0.717, 1.165) is 36.5 Å². The molecule has 2 nitrogen and oxygen atoms in total. The fourth-order valence-electron chi connectivity index (χ4n) is 8.38. The molecule has 0 radical (unpaired) electrons. The van der Waals surface area contributed by atoms with E-state index >= 15 is 0 Å². The normalized spacial score (nSPS) is 41.2. The predicted octanol–water partition coefficient (Wildman–Crippen LogP) is 8.13. The van der Waals surface area contributed by atoms with E-state index in [2.05, 4.69) is 53.7 Å². The van der Waals surface area contributed by atoms with Gasteiger partial charge in [-0.15, -0.1) is 0 Å². The summed E-state index contributed by atoms with van der Waals surface area (Å²) in [6.07, 6.45) is 16.6. The zero-order chi connectivity index (χ0) is 23.3. The van der Waals surface area contributed by atoms with Crippen molar-refractivity contribution in [3.63, 3.8) is 0 Å². The highest BCUT2D eigenvalue weighted by Crippen LogP contribution is 2.65. The molecule has 0 saturated heterocycles. The standard InChI is InChI=1S/C30H48O2/c1-19(2)20(3)8-9-21(4)26-12-13-27-25-11-10-23-18-24(32-22(5)31)14-16-29(23,6)28(25)15-17-30(26,27)7/h8-9,19-21,23-24,26,28H,10-18H2,1-7H3/b9-8+/t20-,21+,23-,24?,26?,28?,29?,30?/m0/s1. The minimum Gasteiger partial charge on any atom is -0.463 e. The third-order valence-electron chi connectivity index (χ3n) is 10.8.